The average molecular weight is 262 g/mol. The predicted octanol–water partition coefficient (Wildman–Crippen LogP) is 1.35. The molecule has 0 radical (unpaired) electrons. The van der Waals surface area contributed by atoms with Gasteiger partial charge in [-0.2, -0.15) is 0 Å². The molecule has 0 aromatic carbocycles. The fraction of sp³-hybridized carbons (Fsp3) is 1.00. The van der Waals surface area contributed by atoms with Crippen LogP contribution in [0.15, 0.2) is 0 Å². The molecule has 3 unspecified atom stereocenters. The summed E-state index contributed by atoms with van der Waals surface area (Å²) >= 11 is 0. The lowest BCUT2D eigenvalue weighted by Crippen LogP contribution is -2.55. The van der Waals surface area contributed by atoms with Crippen LogP contribution >= 0.6 is 0 Å². The van der Waals surface area contributed by atoms with Gasteiger partial charge < -0.3 is 23.7 Å². The molecule has 18 heavy (non-hydrogen) atoms. The summed E-state index contributed by atoms with van der Waals surface area (Å²) < 4.78 is 41.6. The Kier molecular flexibility index (Phi) is 2.74. The summed E-state index contributed by atoms with van der Waals surface area (Å²) in [4.78, 5) is 0. The van der Waals surface area contributed by atoms with Crippen molar-refractivity contribution in [1.29, 1.82) is 0 Å². The minimum Gasteiger partial charge on any atom is -0.342 e. The lowest BCUT2D eigenvalue weighted by Gasteiger charge is -2.35. The molecule has 3 aliphatic rings. The molecule has 0 amide bonds. The molecule has 5 nitrogen and oxygen atoms in total. The predicted molar refractivity (Wildman–Crippen MR) is 58.5 cm³/mol. The van der Waals surface area contributed by atoms with Gasteiger partial charge in [0, 0.05) is 0 Å². The van der Waals surface area contributed by atoms with E-state index in [1.807, 2.05) is 0 Å². The Bertz CT molecular complexity index is 345. The van der Waals surface area contributed by atoms with Gasteiger partial charge in [0.2, 0.25) is 0 Å². The van der Waals surface area contributed by atoms with E-state index in [4.69, 9.17) is 23.7 Å². The molecule has 3 heterocycles. The quantitative estimate of drug-likeness (QED) is 0.714. The molecule has 3 rings (SSSR count). The Balaban J connectivity index is 1.86. The summed E-state index contributed by atoms with van der Waals surface area (Å²) in [6, 6.07) is 0. The fourth-order valence-corrected chi connectivity index (χ4v) is 2.82. The number of ether oxygens (including phenoxy) is 5. The molecule has 3 aliphatic heterocycles. The zero-order valence-corrected chi connectivity index (χ0v) is 11.0. The maximum Gasteiger partial charge on any atom is 0.190 e. The normalized spacial score (nSPS) is 48.8. The van der Waals surface area contributed by atoms with Crippen LogP contribution in [0.4, 0.5) is 4.39 Å². The molecule has 6 heteroatoms. The summed E-state index contributed by atoms with van der Waals surface area (Å²) in [7, 11) is 0. The van der Waals surface area contributed by atoms with E-state index in [9.17, 15) is 4.39 Å². The third-order valence-corrected chi connectivity index (χ3v) is 3.40. The fourth-order valence-electron chi connectivity index (χ4n) is 2.82. The van der Waals surface area contributed by atoms with E-state index in [1.165, 1.54) is 0 Å². The van der Waals surface area contributed by atoms with Crippen molar-refractivity contribution in [3.8, 4) is 0 Å². The van der Waals surface area contributed by atoms with Crippen LogP contribution in [0.2, 0.25) is 0 Å². The molecular weight excluding hydrogens is 243 g/mol. The topological polar surface area (TPSA) is 46.2 Å². The first-order valence-corrected chi connectivity index (χ1v) is 6.24. The molecular formula is C12H19FO5. The van der Waals surface area contributed by atoms with Crippen LogP contribution < -0.4 is 0 Å². The Morgan fingerprint density at radius 1 is 0.833 bits per heavy atom. The van der Waals surface area contributed by atoms with Gasteiger partial charge in [0.15, 0.2) is 17.9 Å². The largest absolute Gasteiger partial charge is 0.342 e. The van der Waals surface area contributed by atoms with Gasteiger partial charge in [-0.25, -0.2) is 4.39 Å². The third-order valence-electron chi connectivity index (χ3n) is 3.40. The van der Waals surface area contributed by atoms with Crippen LogP contribution in [0.1, 0.15) is 27.7 Å². The average Bonchev–Trinajstić information content (AvgIpc) is 2.71. The number of rotatable bonds is 1. The Hall–Kier alpha value is -0.270. The smallest absolute Gasteiger partial charge is 0.190 e. The summed E-state index contributed by atoms with van der Waals surface area (Å²) in [6.45, 7) is 6.57. The van der Waals surface area contributed by atoms with E-state index >= 15 is 0 Å². The molecule has 0 N–H and O–H groups in total. The Morgan fingerprint density at radius 2 is 1.39 bits per heavy atom. The maximum atomic E-state index is 13.1. The molecule has 0 aromatic heterocycles. The SMILES string of the molecule is CC1(C)OC2C3OC(C)(C)O[C@H]3C(CF)O[C@@H]2O1. The van der Waals surface area contributed by atoms with Crippen molar-refractivity contribution in [2.75, 3.05) is 6.67 Å². The van der Waals surface area contributed by atoms with Crippen molar-refractivity contribution in [3.05, 3.63) is 0 Å². The van der Waals surface area contributed by atoms with E-state index in [0.29, 0.717) is 0 Å². The van der Waals surface area contributed by atoms with Crippen molar-refractivity contribution in [2.45, 2.75) is 70.0 Å². The molecule has 0 bridgehead atoms. The van der Waals surface area contributed by atoms with Gasteiger partial charge in [-0.1, -0.05) is 0 Å². The second-order valence-electron chi connectivity index (χ2n) is 5.86. The van der Waals surface area contributed by atoms with Gasteiger partial charge in [0.05, 0.1) is 0 Å². The number of hydrogen-bond donors (Lipinski definition) is 0. The highest BCUT2D eigenvalue weighted by atomic mass is 19.1. The lowest BCUT2D eigenvalue weighted by molar-refractivity contribution is -0.236. The van der Waals surface area contributed by atoms with Gasteiger partial charge in [-0.3, -0.25) is 0 Å². The van der Waals surface area contributed by atoms with Crippen molar-refractivity contribution < 1.29 is 28.1 Å². The van der Waals surface area contributed by atoms with Crippen molar-refractivity contribution in [2.24, 2.45) is 0 Å². The first-order chi connectivity index (χ1) is 8.31. The molecule has 104 valence electrons. The molecule has 0 aliphatic carbocycles. The van der Waals surface area contributed by atoms with Crippen LogP contribution in [-0.2, 0) is 23.7 Å². The monoisotopic (exact) mass is 262 g/mol. The zero-order valence-electron chi connectivity index (χ0n) is 11.0. The molecule has 5 atom stereocenters. The Morgan fingerprint density at radius 3 is 2.06 bits per heavy atom. The van der Waals surface area contributed by atoms with Gasteiger partial charge in [0.25, 0.3) is 0 Å². The minimum absolute atomic E-state index is 0.360. The standard InChI is InChI=1S/C12H19FO5/c1-11(2)15-7-6(5-13)14-10-9(8(7)16-11)17-12(3,4)18-10/h6-10H,5H2,1-4H3/t6?,7-,8?,9?,10+/m0/s1. The summed E-state index contributed by atoms with van der Waals surface area (Å²) in [5, 5.41) is 0. The first kappa shape index (κ1) is 12.7. The third kappa shape index (κ3) is 1.96. The summed E-state index contributed by atoms with van der Waals surface area (Å²) in [5.74, 6) is -1.50. The van der Waals surface area contributed by atoms with Gasteiger partial charge in [0.1, 0.15) is 31.1 Å². The molecule has 0 spiro atoms. The number of alkyl halides is 1. The highest BCUT2D eigenvalue weighted by Crippen LogP contribution is 2.43. The molecule has 3 fully saturated rings. The summed E-state index contributed by atoms with van der Waals surface area (Å²) in [5.41, 5.74) is 0. The second-order valence-corrected chi connectivity index (χ2v) is 5.86. The van der Waals surface area contributed by atoms with Crippen LogP contribution in [0, 0.1) is 0 Å². The van der Waals surface area contributed by atoms with Crippen LogP contribution in [0.25, 0.3) is 0 Å². The van der Waals surface area contributed by atoms with Crippen LogP contribution in [0.3, 0.4) is 0 Å². The lowest BCUT2D eigenvalue weighted by atomic mass is 10.00. The summed E-state index contributed by atoms with van der Waals surface area (Å²) in [6.07, 6.45) is -2.46. The molecule has 3 saturated heterocycles. The first-order valence-electron chi connectivity index (χ1n) is 6.24. The van der Waals surface area contributed by atoms with Crippen molar-refractivity contribution in [1.82, 2.24) is 0 Å². The van der Waals surface area contributed by atoms with E-state index < -0.39 is 36.7 Å². The van der Waals surface area contributed by atoms with Gasteiger partial charge in [-0.15, -0.1) is 0 Å². The highest BCUT2D eigenvalue weighted by Gasteiger charge is 2.60. The van der Waals surface area contributed by atoms with E-state index in [2.05, 4.69) is 0 Å². The number of halogens is 1. The highest BCUT2D eigenvalue weighted by molar-refractivity contribution is 4.99. The van der Waals surface area contributed by atoms with Crippen LogP contribution in [0.5, 0.6) is 0 Å². The maximum absolute atomic E-state index is 13.1. The van der Waals surface area contributed by atoms with E-state index in [-0.39, 0.29) is 12.2 Å². The Labute approximate surface area is 105 Å². The van der Waals surface area contributed by atoms with E-state index in [0.717, 1.165) is 0 Å². The molecule has 0 saturated carbocycles. The zero-order chi connectivity index (χ0) is 13.1. The second kappa shape index (κ2) is 3.86. The minimum atomic E-state index is -0.753. The van der Waals surface area contributed by atoms with Crippen molar-refractivity contribution >= 4 is 0 Å². The van der Waals surface area contributed by atoms with Gasteiger partial charge in [-0.05, 0) is 27.7 Å². The van der Waals surface area contributed by atoms with Gasteiger partial charge >= 0.3 is 0 Å². The van der Waals surface area contributed by atoms with Crippen molar-refractivity contribution in [3.63, 3.8) is 0 Å². The molecule has 0 aromatic rings. The number of fused-ring (bicyclic) bond motifs is 3. The number of hydrogen-bond acceptors (Lipinski definition) is 5. The van der Waals surface area contributed by atoms with E-state index in [1.54, 1.807) is 27.7 Å². The van der Waals surface area contributed by atoms with Crippen LogP contribution in [-0.4, -0.2) is 49.0 Å².